The number of rotatable bonds is 4. The van der Waals surface area contributed by atoms with Crippen LogP contribution < -0.4 is 4.74 Å². The van der Waals surface area contributed by atoms with Gasteiger partial charge in [0.1, 0.15) is 18.0 Å². The van der Waals surface area contributed by atoms with E-state index < -0.39 is 0 Å². The molecule has 114 valence electrons. The Morgan fingerprint density at radius 1 is 1.18 bits per heavy atom. The number of hydrogen-bond acceptors (Lipinski definition) is 2. The van der Waals surface area contributed by atoms with Crippen molar-refractivity contribution in [3.05, 3.63) is 64.6 Å². The summed E-state index contributed by atoms with van der Waals surface area (Å²) in [6.07, 6.45) is 3.78. The van der Waals surface area contributed by atoms with E-state index in [0.717, 1.165) is 17.1 Å². The van der Waals surface area contributed by atoms with E-state index in [-0.39, 0.29) is 0 Å². The predicted molar refractivity (Wildman–Crippen MR) is 89.8 cm³/mol. The van der Waals surface area contributed by atoms with E-state index in [9.17, 15) is 0 Å². The standard InChI is InChI=1S/C18H19ClN2O/c1-12(2)17-6-5-16(8-13(17)3)22-11-15-10-21-9-14(19)4-7-18(21)20-15/h4-10,12H,11H2,1-3H3. The SMILES string of the molecule is Cc1cc(OCc2cn3cc(Cl)ccc3n2)ccc1C(C)C. The third-order valence-corrected chi connectivity index (χ3v) is 3.94. The first-order chi connectivity index (χ1) is 10.5. The van der Waals surface area contributed by atoms with Crippen LogP contribution >= 0.6 is 11.6 Å². The van der Waals surface area contributed by atoms with Crippen molar-refractivity contribution in [1.29, 1.82) is 0 Å². The third kappa shape index (κ3) is 3.09. The fourth-order valence-electron chi connectivity index (χ4n) is 2.63. The van der Waals surface area contributed by atoms with Crippen molar-refractivity contribution in [2.45, 2.75) is 33.3 Å². The lowest BCUT2D eigenvalue weighted by Gasteiger charge is -2.11. The van der Waals surface area contributed by atoms with Crippen LogP contribution in [0.3, 0.4) is 0 Å². The molecule has 0 radical (unpaired) electrons. The molecule has 0 aliphatic carbocycles. The van der Waals surface area contributed by atoms with Crippen molar-refractivity contribution in [3.8, 4) is 5.75 Å². The normalized spacial score (nSPS) is 11.3. The van der Waals surface area contributed by atoms with E-state index in [2.05, 4.69) is 37.9 Å². The molecule has 2 heterocycles. The van der Waals surface area contributed by atoms with Gasteiger partial charge in [-0.3, -0.25) is 0 Å². The van der Waals surface area contributed by atoms with Crippen LogP contribution in [0.2, 0.25) is 5.02 Å². The molecule has 0 unspecified atom stereocenters. The highest BCUT2D eigenvalue weighted by Crippen LogP contribution is 2.24. The van der Waals surface area contributed by atoms with E-state index in [1.54, 1.807) is 0 Å². The number of hydrogen-bond donors (Lipinski definition) is 0. The number of benzene rings is 1. The van der Waals surface area contributed by atoms with Gasteiger partial charge in [0.2, 0.25) is 0 Å². The Morgan fingerprint density at radius 2 is 2.00 bits per heavy atom. The molecule has 0 bridgehead atoms. The molecule has 0 saturated carbocycles. The third-order valence-electron chi connectivity index (χ3n) is 3.71. The van der Waals surface area contributed by atoms with Crippen LogP contribution in [-0.2, 0) is 6.61 Å². The zero-order chi connectivity index (χ0) is 15.7. The number of halogens is 1. The minimum absolute atomic E-state index is 0.444. The lowest BCUT2D eigenvalue weighted by molar-refractivity contribution is 0.302. The monoisotopic (exact) mass is 314 g/mol. The number of ether oxygens (including phenoxy) is 1. The van der Waals surface area contributed by atoms with Crippen molar-refractivity contribution in [2.75, 3.05) is 0 Å². The molecule has 3 rings (SSSR count). The van der Waals surface area contributed by atoms with Crippen molar-refractivity contribution in [1.82, 2.24) is 9.38 Å². The number of pyridine rings is 1. The molecule has 0 N–H and O–H groups in total. The summed E-state index contributed by atoms with van der Waals surface area (Å²) in [7, 11) is 0. The first-order valence-electron chi connectivity index (χ1n) is 7.39. The highest BCUT2D eigenvalue weighted by molar-refractivity contribution is 6.30. The van der Waals surface area contributed by atoms with Crippen LogP contribution in [0.25, 0.3) is 5.65 Å². The lowest BCUT2D eigenvalue weighted by Crippen LogP contribution is -1.98. The molecule has 0 amide bonds. The number of imidazole rings is 1. The number of aryl methyl sites for hydroxylation is 1. The van der Waals surface area contributed by atoms with Crippen LogP contribution in [0.4, 0.5) is 0 Å². The van der Waals surface area contributed by atoms with E-state index in [4.69, 9.17) is 16.3 Å². The highest BCUT2D eigenvalue weighted by Gasteiger charge is 2.06. The average Bonchev–Trinajstić information content (AvgIpc) is 2.86. The average molecular weight is 315 g/mol. The Morgan fingerprint density at radius 3 is 2.73 bits per heavy atom. The second kappa shape index (κ2) is 6.01. The van der Waals surface area contributed by atoms with Gasteiger partial charge in [0.25, 0.3) is 0 Å². The number of aromatic nitrogens is 2. The molecule has 0 spiro atoms. The van der Waals surface area contributed by atoms with Gasteiger partial charge in [0.05, 0.1) is 10.7 Å². The van der Waals surface area contributed by atoms with Crippen LogP contribution in [0.5, 0.6) is 5.75 Å². The molecule has 0 atom stereocenters. The molecule has 3 nitrogen and oxygen atoms in total. The van der Waals surface area contributed by atoms with Crippen molar-refractivity contribution < 1.29 is 4.74 Å². The maximum Gasteiger partial charge on any atom is 0.137 e. The summed E-state index contributed by atoms with van der Waals surface area (Å²) in [5.74, 6) is 1.40. The highest BCUT2D eigenvalue weighted by atomic mass is 35.5. The van der Waals surface area contributed by atoms with Gasteiger partial charge in [-0.1, -0.05) is 31.5 Å². The summed E-state index contributed by atoms with van der Waals surface area (Å²) in [5.41, 5.74) is 4.37. The van der Waals surface area contributed by atoms with E-state index in [1.165, 1.54) is 11.1 Å². The van der Waals surface area contributed by atoms with Gasteiger partial charge in [-0.25, -0.2) is 4.98 Å². The zero-order valence-electron chi connectivity index (χ0n) is 13.0. The van der Waals surface area contributed by atoms with Crippen LogP contribution in [0, 0.1) is 6.92 Å². The quantitative estimate of drug-likeness (QED) is 0.677. The number of nitrogens with zero attached hydrogens (tertiary/aromatic N) is 2. The van der Waals surface area contributed by atoms with Crippen molar-refractivity contribution in [2.24, 2.45) is 0 Å². The molecule has 4 heteroatoms. The molecule has 0 aliphatic heterocycles. The Bertz CT molecular complexity index is 808. The smallest absolute Gasteiger partial charge is 0.137 e. The van der Waals surface area contributed by atoms with Gasteiger partial charge in [-0.15, -0.1) is 0 Å². The molecule has 0 saturated heterocycles. The first kappa shape index (κ1) is 14.9. The Labute approximate surface area is 135 Å². The Hall–Kier alpha value is -2.00. The van der Waals surface area contributed by atoms with Crippen LogP contribution in [0.15, 0.2) is 42.7 Å². The Kier molecular flexibility index (Phi) is 4.08. The van der Waals surface area contributed by atoms with Crippen LogP contribution in [-0.4, -0.2) is 9.38 Å². The van der Waals surface area contributed by atoms with E-state index >= 15 is 0 Å². The summed E-state index contributed by atoms with van der Waals surface area (Å²) >= 11 is 5.98. The second-order valence-corrected chi connectivity index (χ2v) is 6.24. The maximum absolute atomic E-state index is 5.98. The second-order valence-electron chi connectivity index (χ2n) is 5.81. The summed E-state index contributed by atoms with van der Waals surface area (Å²) in [4.78, 5) is 4.52. The minimum atomic E-state index is 0.444. The molecule has 22 heavy (non-hydrogen) atoms. The fourth-order valence-corrected chi connectivity index (χ4v) is 2.80. The number of fused-ring (bicyclic) bond motifs is 1. The van der Waals surface area contributed by atoms with Gasteiger partial charge in [-0.05, 0) is 48.2 Å². The summed E-state index contributed by atoms with van der Waals surface area (Å²) in [6, 6.07) is 9.98. The maximum atomic E-state index is 5.98. The lowest BCUT2D eigenvalue weighted by atomic mass is 9.98. The molecular weight excluding hydrogens is 296 g/mol. The largest absolute Gasteiger partial charge is 0.487 e. The summed E-state index contributed by atoms with van der Waals surface area (Å²) < 4.78 is 7.77. The van der Waals surface area contributed by atoms with Crippen LogP contribution in [0.1, 0.15) is 36.6 Å². The van der Waals surface area contributed by atoms with Gasteiger partial charge >= 0.3 is 0 Å². The topological polar surface area (TPSA) is 26.5 Å². The zero-order valence-corrected chi connectivity index (χ0v) is 13.8. The molecule has 0 fully saturated rings. The molecule has 1 aromatic carbocycles. The van der Waals surface area contributed by atoms with Gasteiger partial charge in [0.15, 0.2) is 0 Å². The molecule has 3 aromatic rings. The van der Waals surface area contributed by atoms with E-state index in [1.807, 2.05) is 35.0 Å². The van der Waals surface area contributed by atoms with Gasteiger partial charge < -0.3 is 9.14 Å². The minimum Gasteiger partial charge on any atom is -0.487 e. The predicted octanol–water partition coefficient (Wildman–Crippen LogP) is 5.00. The molecule has 0 aliphatic rings. The molecule has 2 aromatic heterocycles. The summed E-state index contributed by atoms with van der Waals surface area (Å²) in [5, 5.41) is 0.692. The van der Waals surface area contributed by atoms with E-state index in [0.29, 0.717) is 17.5 Å². The first-order valence-corrected chi connectivity index (χ1v) is 7.77. The van der Waals surface area contributed by atoms with Gasteiger partial charge in [-0.2, -0.15) is 0 Å². The van der Waals surface area contributed by atoms with Gasteiger partial charge in [0, 0.05) is 12.4 Å². The Balaban J connectivity index is 1.74. The summed E-state index contributed by atoms with van der Waals surface area (Å²) in [6.45, 7) is 6.96. The molecular formula is C18H19ClN2O. The van der Waals surface area contributed by atoms with Crippen molar-refractivity contribution in [3.63, 3.8) is 0 Å². The van der Waals surface area contributed by atoms with Crippen molar-refractivity contribution >= 4 is 17.2 Å². The fraction of sp³-hybridized carbons (Fsp3) is 0.278.